The third kappa shape index (κ3) is 2.95. The molecule has 0 amide bonds. The van der Waals surface area contributed by atoms with E-state index in [9.17, 15) is 8.78 Å². The maximum atomic E-state index is 12.5. The highest BCUT2D eigenvalue weighted by molar-refractivity contribution is 5.22. The molecular formula is C10H11F2N. The summed E-state index contributed by atoms with van der Waals surface area (Å²) in [6.45, 7) is 0.188. The molecule has 0 aliphatic heterocycles. The summed E-state index contributed by atoms with van der Waals surface area (Å²) >= 11 is 0. The summed E-state index contributed by atoms with van der Waals surface area (Å²) in [5.41, 5.74) is 6.64. The van der Waals surface area contributed by atoms with Crippen molar-refractivity contribution < 1.29 is 8.78 Å². The lowest BCUT2D eigenvalue weighted by Gasteiger charge is -2.02. The van der Waals surface area contributed by atoms with Gasteiger partial charge in [-0.15, -0.1) is 0 Å². The molecule has 1 rings (SSSR count). The second-order valence-corrected chi connectivity index (χ2v) is 2.77. The Morgan fingerprint density at radius 3 is 2.38 bits per heavy atom. The first-order valence-electron chi connectivity index (χ1n) is 3.99. The zero-order valence-corrected chi connectivity index (χ0v) is 7.13. The molecule has 3 heteroatoms. The van der Waals surface area contributed by atoms with Gasteiger partial charge in [0.2, 0.25) is 0 Å². The fourth-order valence-corrected chi connectivity index (χ4v) is 1.02. The zero-order valence-electron chi connectivity index (χ0n) is 7.13. The highest BCUT2D eigenvalue weighted by Crippen LogP contribution is 2.08. The molecule has 0 bridgehead atoms. The number of rotatable bonds is 3. The van der Waals surface area contributed by atoms with Gasteiger partial charge in [-0.3, -0.25) is 0 Å². The van der Waals surface area contributed by atoms with E-state index >= 15 is 0 Å². The van der Waals surface area contributed by atoms with Gasteiger partial charge >= 0.3 is 0 Å². The molecule has 0 aliphatic rings. The molecule has 0 aromatic heterocycles. The van der Waals surface area contributed by atoms with E-state index in [0.29, 0.717) is 18.3 Å². The Bertz CT molecular complexity index is 290. The molecular weight excluding hydrogens is 172 g/mol. The van der Waals surface area contributed by atoms with Crippen molar-refractivity contribution in [2.24, 2.45) is 5.73 Å². The summed E-state index contributed by atoms with van der Waals surface area (Å²) in [6.07, 6.45) is 0.941. The summed E-state index contributed by atoms with van der Waals surface area (Å²) in [4.78, 5) is 0. The number of hydrogen-bond acceptors (Lipinski definition) is 1. The first-order chi connectivity index (χ1) is 6.26. The monoisotopic (exact) mass is 183 g/mol. The molecule has 2 N–H and O–H groups in total. The van der Waals surface area contributed by atoms with Crippen molar-refractivity contribution in [2.75, 3.05) is 6.54 Å². The smallest absolute Gasteiger partial charge is 0.123 e. The largest absolute Gasteiger partial charge is 0.327 e. The molecule has 0 spiro atoms. The Hall–Kier alpha value is -1.22. The minimum atomic E-state index is -0.290. The van der Waals surface area contributed by atoms with Gasteiger partial charge in [-0.05, 0) is 29.7 Å². The van der Waals surface area contributed by atoms with Crippen LogP contribution in [0.5, 0.6) is 0 Å². The zero-order chi connectivity index (χ0) is 9.68. The van der Waals surface area contributed by atoms with Crippen LogP contribution in [0.15, 0.2) is 36.2 Å². The van der Waals surface area contributed by atoms with Crippen LogP contribution in [0, 0.1) is 5.82 Å². The molecule has 0 unspecified atom stereocenters. The van der Waals surface area contributed by atoms with Gasteiger partial charge < -0.3 is 5.73 Å². The van der Waals surface area contributed by atoms with Crippen LogP contribution in [0.2, 0.25) is 0 Å². The fourth-order valence-electron chi connectivity index (χ4n) is 1.02. The van der Waals surface area contributed by atoms with E-state index in [-0.39, 0.29) is 12.4 Å². The van der Waals surface area contributed by atoms with Crippen LogP contribution in [0.4, 0.5) is 8.78 Å². The molecule has 0 atom stereocenters. The topological polar surface area (TPSA) is 26.0 Å². The van der Waals surface area contributed by atoms with Crippen LogP contribution < -0.4 is 5.73 Å². The van der Waals surface area contributed by atoms with Gasteiger partial charge in [-0.2, -0.15) is 0 Å². The van der Waals surface area contributed by atoms with Gasteiger partial charge in [0.15, 0.2) is 0 Å². The van der Waals surface area contributed by atoms with Crippen molar-refractivity contribution in [3.63, 3.8) is 0 Å². The lowest BCUT2D eigenvalue weighted by Crippen LogP contribution is -2.05. The molecule has 0 heterocycles. The summed E-state index contributed by atoms with van der Waals surface area (Å²) in [5, 5.41) is 0. The van der Waals surface area contributed by atoms with Crippen LogP contribution in [-0.2, 0) is 6.42 Å². The predicted molar refractivity (Wildman–Crippen MR) is 48.3 cm³/mol. The summed E-state index contributed by atoms with van der Waals surface area (Å²) in [5.74, 6) is -0.290. The van der Waals surface area contributed by atoms with E-state index in [1.807, 2.05) is 0 Å². The molecule has 0 radical (unpaired) electrons. The van der Waals surface area contributed by atoms with Gasteiger partial charge in [-0.1, -0.05) is 12.1 Å². The van der Waals surface area contributed by atoms with E-state index in [1.165, 1.54) is 12.1 Å². The molecule has 13 heavy (non-hydrogen) atoms. The van der Waals surface area contributed by atoms with Gasteiger partial charge in [0, 0.05) is 6.54 Å². The number of benzene rings is 1. The van der Waals surface area contributed by atoms with Gasteiger partial charge in [-0.25, -0.2) is 8.78 Å². The second kappa shape index (κ2) is 4.72. The number of nitrogens with two attached hydrogens (primary N) is 1. The Morgan fingerprint density at radius 1 is 1.31 bits per heavy atom. The molecule has 0 saturated carbocycles. The molecule has 0 saturated heterocycles. The van der Waals surface area contributed by atoms with Gasteiger partial charge in [0.25, 0.3) is 0 Å². The van der Waals surface area contributed by atoms with E-state index in [0.717, 1.165) is 5.56 Å². The van der Waals surface area contributed by atoms with Crippen molar-refractivity contribution in [3.05, 3.63) is 47.5 Å². The van der Waals surface area contributed by atoms with Crippen molar-refractivity contribution >= 4 is 0 Å². The van der Waals surface area contributed by atoms with Gasteiger partial charge in [0.1, 0.15) is 5.82 Å². The normalized spacial score (nSPS) is 11.8. The second-order valence-electron chi connectivity index (χ2n) is 2.77. The molecule has 0 aliphatic carbocycles. The lowest BCUT2D eigenvalue weighted by atomic mass is 10.1. The summed E-state index contributed by atoms with van der Waals surface area (Å²) in [7, 11) is 0. The minimum Gasteiger partial charge on any atom is -0.327 e. The molecule has 1 aromatic carbocycles. The third-order valence-electron chi connectivity index (χ3n) is 1.76. The first kappa shape index (κ1) is 9.86. The Kier molecular flexibility index (Phi) is 3.58. The Balaban J connectivity index is 2.69. The molecule has 70 valence electrons. The first-order valence-corrected chi connectivity index (χ1v) is 3.99. The van der Waals surface area contributed by atoms with Crippen LogP contribution in [0.3, 0.4) is 0 Å². The van der Waals surface area contributed by atoms with E-state index in [2.05, 4.69) is 0 Å². The number of halogens is 2. The minimum absolute atomic E-state index is 0.188. The van der Waals surface area contributed by atoms with Crippen LogP contribution >= 0.6 is 0 Å². The Labute approximate surface area is 75.9 Å². The van der Waals surface area contributed by atoms with Crippen LogP contribution in [0.25, 0.3) is 0 Å². The number of hydrogen-bond donors (Lipinski definition) is 1. The molecule has 1 nitrogen and oxygen atoms in total. The van der Waals surface area contributed by atoms with Gasteiger partial charge in [0.05, 0.1) is 6.33 Å². The highest BCUT2D eigenvalue weighted by Gasteiger charge is 1.98. The van der Waals surface area contributed by atoms with E-state index in [4.69, 9.17) is 5.73 Å². The van der Waals surface area contributed by atoms with Crippen molar-refractivity contribution in [1.29, 1.82) is 0 Å². The molecule has 1 aromatic rings. The third-order valence-corrected chi connectivity index (χ3v) is 1.76. The van der Waals surface area contributed by atoms with E-state index in [1.54, 1.807) is 12.1 Å². The standard InChI is InChI=1S/C10H11F2N/c11-6-9(7-13)5-8-1-3-10(12)4-2-8/h1-4,6H,5,7,13H2. The molecule has 0 fully saturated rings. The van der Waals surface area contributed by atoms with Crippen molar-refractivity contribution in [2.45, 2.75) is 6.42 Å². The van der Waals surface area contributed by atoms with Crippen LogP contribution in [0.1, 0.15) is 5.56 Å². The lowest BCUT2D eigenvalue weighted by molar-refractivity contribution is 0.627. The Morgan fingerprint density at radius 2 is 1.92 bits per heavy atom. The highest BCUT2D eigenvalue weighted by atomic mass is 19.1. The average molecular weight is 183 g/mol. The van der Waals surface area contributed by atoms with Crippen molar-refractivity contribution in [3.8, 4) is 0 Å². The SMILES string of the molecule is NCC(=CF)Cc1ccc(F)cc1. The van der Waals surface area contributed by atoms with Crippen molar-refractivity contribution in [1.82, 2.24) is 0 Å². The fraction of sp³-hybridized carbons (Fsp3) is 0.200. The summed E-state index contributed by atoms with van der Waals surface area (Å²) < 4.78 is 24.6. The predicted octanol–water partition coefficient (Wildman–Crippen LogP) is 2.18. The summed E-state index contributed by atoms with van der Waals surface area (Å²) in [6, 6.07) is 5.94. The van der Waals surface area contributed by atoms with Crippen LogP contribution in [-0.4, -0.2) is 6.54 Å². The maximum absolute atomic E-state index is 12.5. The maximum Gasteiger partial charge on any atom is 0.123 e. The quantitative estimate of drug-likeness (QED) is 0.763. The van der Waals surface area contributed by atoms with E-state index < -0.39 is 0 Å². The average Bonchev–Trinajstić information content (AvgIpc) is 2.17.